The normalized spacial score (nSPS) is 11.2. The number of hydrogen-bond acceptors (Lipinski definition) is 5. The van der Waals surface area contributed by atoms with Gasteiger partial charge in [-0.2, -0.15) is 0 Å². The van der Waals surface area contributed by atoms with Gasteiger partial charge in [0.15, 0.2) is 0 Å². The second kappa shape index (κ2) is 23.0. The first-order valence-electron chi connectivity index (χ1n) is 29.3. The molecule has 0 unspecified atom stereocenters. The van der Waals surface area contributed by atoms with Crippen LogP contribution >= 0.6 is 0 Å². The number of nitrogens with zero attached hydrogens (tertiary/aromatic N) is 5. The predicted molar refractivity (Wildman–Crippen MR) is 362 cm³/mol. The van der Waals surface area contributed by atoms with Crippen molar-refractivity contribution in [2.75, 3.05) is 19.6 Å². The molecule has 0 N–H and O–H groups in total. The molecule has 0 spiro atoms. The molecule has 0 saturated carbocycles. The lowest BCUT2D eigenvalue weighted by Gasteiger charge is -2.32. The van der Waals surface area contributed by atoms with E-state index in [1.807, 2.05) is 0 Å². The average Bonchev–Trinajstić information content (AvgIpc) is 2.32. The Labute approximate surface area is 500 Å². The molecule has 0 bridgehead atoms. The highest BCUT2D eigenvalue weighted by Crippen LogP contribution is 2.50. The topological polar surface area (TPSA) is 25.9 Å². The highest BCUT2D eigenvalue weighted by molar-refractivity contribution is 6.03. The van der Waals surface area contributed by atoms with Gasteiger partial charge in [-0.05, 0) is 197 Å². The molecule has 13 rings (SSSR count). The molecule has 0 aliphatic rings. The summed E-state index contributed by atoms with van der Waals surface area (Å²) in [4.78, 5) is 15.3. The van der Waals surface area contributed by atoms with Gasteiger partial charge in [0.05, 0.1) is 11.4 Å². The maximum atomic E-state index is 5.62. The Hall–Kier alpha value is -10.5. The molecule has 0 aliphatic heterocycles. The summed E-state index contributed by atoms with van der Waals surface area (Å²) in [7, 11) is 0. The number of hydrogen-bond donors (Lipinski definition) is 0. The number of aryl methyl sites for hydroxylation is 6. The van der Waals surface area contributed by atoms with Gasteiger partial charge >= 0.3 is 0 Å². The SMILES string of the molecule is Cc1ccc(N(c2ccc(C)cc2)c2cc(-c3c(C)nc(C)c(-c4cc(N(c5ccccc5)c5cccc6ccccc56)cc(N(c5ccccc5)c5cccc6ccccc56)c4)c3C)cc(N(c3ccc(C)cc3)c3ccc(C)cc3)c2)cc1. The van der Waals surface area contributed by atoms with Crippen LogP contribution in [0.15, 0.2) is 279 Å². The number of anilines is 12. The fraction of sp³-hybridized carbons (Fsp3) is 0.0875. The van der Waals surface area contributed by atoms with Gasteiger partial charge in [0.2, 0.25) is 0 Å². The number of para-hydroxylation sites is 2. The minimum absolute atomic E-state index is 0.952. The van der Waals surface area contributed by atoms with Crippen LogP contribution in [0.4, 0.5) is 68.2 Å². The van der Waals surface area contributed by atoms with Gasteiger partial charge in [-0.15, -0.1) is 0 Å². The van der Waals surface area contributed by atoms with E-state index in [0.29, 0.717) is 0 Å². The quantitative estimate of drug-likeness (QED) is 0.108. The van der Waals surface area contributed by atoms with Crippen LogP contribution in [0.3, 0.4) is 0 Å². The van der Waals surface area contributed by atoms with E-state index in [4.69, 9.17) is 4.98 Å². The van der Waals surface area contributed by atoms with Crippen LogP contribution in [0.1, 0.15) is 39.2 Å². The Kier molecular flexibility index (Phi) is 14.6. The van der Waals surface area contributed by atoms with Crippen LogP contribution in [0.5, 0.6) is 0 Å². The van der Waals surface area contributed by atoms with Gasteiger partial charge in [-0.25, -0.2) is 0 Å². The van der Waals surface area contributed by atoms with E-state index in [1.165, 1.54) is 33.0 Å². The first-order chi connectivity index (χ1) is 41.5. The number of fused-ring (bicyclic) bond motifs is 2. The minimum atomic E-state index is 0.952. The fourth-order valence-corrected chi connectivity index (χ4v) is 12.4. The number of rotatable bonds is 14. The molecule has 1 heterocycles. The minimum Gasteiger partial charge on any atom is -0.310 e. The molecule has 0 fully saturated rings. The Morgan fingerprint density at radius 1 is 0.235 bits per heavy atom. The smallest absolute Gasteiger partial charge is 0.0540 e. The van der Waals surface area contributed by atoms with Crippen molar-refractivity contribution >= 4 is 89.8 Å². The van der Waals surface area contributed by atoms with Crippen molar-refractivity contribution in [3.05, 3.63) is 318 Å². The molecule has 0 atom stereocenters. The summed E-state index contributed by atoms with van der Waals surface area (Å²) in [5, 5.41) is 4.66. The summed E-state index contributed by atoms with van der Waals surface area (Å²) in [5.41, 5.74) is 24.8. The molecule has 0 amide bonds. The maximum absolute atomic E-state index is 5.62. The van der Waals surface area contributed by atoms with Crippen molar-refractivity contribution in [1.29, 1.82) is 0 Å². The molecule has 0 saturated heterocycles. The van der Waals surface area contributed by atoms with Crippen molar-refractivity contribution in [3.63, 3.8) is 0 Å². The molecular weight excluding hydrogens is 1030 g/mol. The van der Waals surface area contributed by atoms with Crippen LogP contribution < -0.4 is 19.6 Å². The molecule has 5 nitrogen and oxygen atoms in total. The van der Waals surface area contributed by atoms with Crippen LogP contribution in [-0.2, 0) is 0 Å². The Morgan fingerprint density at radius 2 is 0.518 bits per heavy atom. The Bertz CT molecular complexity index is 4180. The molecule has 85 heavy (non-hydrogen) atoms. The highest BCUT2D eigenvalue weighted by atomic mass is 15.2. The lowest BCUT2D eigenvalue weighted by Crippen LogP contribution is -2.14. The zero-order valence-electron chi connectivity index (χ0n) is 49.3. The maximum Gasteiger partial charge on any atom is 0.0540 e. The molecule has 412 valence electrons. The zero-order chi connectivity index (χ0) is 58.1. The van der Waals surface area contributed by atoms with E-state index in [1.54, 1.807) is 0 Å². The first kappa shape index (κ1) is 53.8. The van der Waals surface area contributed by atoms with E-state index >= 15 is 0 Å². The van der Waals surface area contributed by atoms with Gasteiger partial charge in [0, 0.05) is 90.2 Å². The molecule has 0 aliphatic carbocycles. The third-order valence-corrected chi connectivity index (χ3v) is 16.4. The third-order valence-electron chi connectivity index (χ3n) is 16.4. The van der Waals surface area contributed by atoms with E-state index in [0.717, 1.165) is 118 Å². The van der Waals surface area contributed by atoms with Crippen LogP contribution in [0, 0.1) is 48.5 Å². The predicted octanol–water partition coefficient (Wildman–Crippen LogP) is 22.8. The van der Waals surface area contributed by atoms with Gasteiger partial charge in [0.1, 0.15) is 0 Å². The standard InChI is InChI=1S/C80H67N5/c1-54-32-40-67(41-33-54)82(68-42-34-55(2)35-43-68)71-48-63(49-72(52-71)83(69-44-36-56(3)37-45-69)70-46-38-57(4)39-47-70)79-58(5)80(60(7)81-59(79)6)64-50-73(84(65-24-10-8-11-25-65)77-30-18-22-61-20-14-16-28-75(61)77)53-74(51-64)85(66-26-12-9-13-27-66)78-31-19-23-62-21-15-17-29-76(62)78/h8-53H,1-7H3. The number of benzene rings is 12. The Balaban J connectivity index is 1.10. The summed E-state index contributed by atoms with van der Waals surface area (Å²) in [5.74, 6) is 0. The van der Waals surface area contributed by atoms with E-state index < -0.39 is 0 Å². The van der Waals surface area contributed by atoms with Crippen LogP contribution in [-0.4, -0.2) is 4.98 Å². The summed E-state index contributed by atoms with van der Waals surface area (Å²) in [6.07, 6.45) is 0. The number of aromatic nitrogens is 1. The molecule has 0 radical (unpaired) electrons. The molecule has 5 heteroatoms. The van der Waals surface area contributed by atoms with Crippen molar-refractivity contribution in [2.45, 2.75) is 48.5 Å². The monoisotopic (exact) mass is 1100 g/mol. The van der Waals surface area contributed by atoms with Crippen LogP contribution in [0.25, 0.3) is 43.8 Å². The van der Waals surface area contributed by atoms with Gasteiger partial charge in [-0.1, -0.05) is 180 Å². The highest BCUT2D eigenvalue weighted by Gasteiger charge is 2.26. The molecule has 1 aromatic heterocycles. The summed E-state index contributed by atoms with van der Waals surface area (Å²) in [6, 6.07) is 102. The summed E-state index contributed by atoms with van der Waals surface area (Å²) >= 11 is 0. The van der Waals surface area contributed by atoms with E-state index in [9.17, 15) is 0 Å². The molecule has 12 aromatic carbocycles. The van der Waals surface area contributed by atoms with Gasteiger partial charge < -0.3 is 19.6 Å². The summed E-state index contributed by atoms with van der Waals surface area (Å²) in [6.45, 7) is 15.3. The second-order valence-electron chi connectivity index (χ2n) is 22.5. The van der Waals surface area contributed by atoms with Crippen molar-refractivity contribution in [2.24, 2.45) is 0 Å². The van der Waals surface area contributed by atoms with Gasteiger partial charge in [0.25, 0.3) is 0 Å². The lowest BCUT2D eigenvalue weighted by molar-refractivity contribution is 1.11. The second-order valence-corrected chi connectivity index (χ2v) is 22.5. The zero-order valence-corrected chi connectivity index (χ0v) is 49.3. The van der Waals surface area contributed by atoms with E-state index in [2.05, 4.69) is 347 Å². The van der Waals surface area contributed by atoms with Crippen LogP contribution in [0.2, 0.25) is 0 Å². The summed E-state index contributed by atoms with van der Waals surface area (Å²) < 4.78 is 0. The number of pyridine rings is 1. The molecule has 13 aromatic rings. The molecular formula is C80H67N5. The Morgan fingerprint density at radius 3 is 0.859 bits per heavy atom. The first-order valence-corrected chi connectivity index (χ1v) is 29.3. The fourth-order valence-electron chi connectivity index (χ4n) is 12.4. The van der Waals surface area contributed by atoms with Crippen molar-refractivity contribution in [3.8, 4) is 22.3 Å². The van der Waals surface area contributed by atoms with E-state index in [-0.39, 0.29) is 0 Å². The largest absolute Gasteiger partial charge is 0.310 e. The lowest BCUT2D eigenvalue weighted by atomic mass is 9.89. The van der Waals surface area contributed by atoms with Crippen molar-refractivity contribution < 1.29 is 0 Å². The third kappa shape index (κ3) is 10.7. The van der Waals surface area contributed by atoms with Crippen molar-refractivity contribution in [1.82, 2.24) is 4.98 Å². The average molecular weight is 1100 g/mol. The van der Waals surface area contributed by atoms with Gasteiger partial charge in [-0.3, -0.25) is 4.98 Å².